The smallest absolute Gasteiger partial charge is 0.0499 e. The van der Waals surface area contributed by atoms with Crippen LogP contribution in [0, 0.1) is 0 Å². The molecule has 0 aliphatic rings. The van der Waals surface area contributed by atoms with Crippen LogP contribution in [0.25, 0.3) is 28.6 Å². The van der Waals surface area contributed by atoms with Crippen molar-refractivity contribution in [2.24, 2.45) is 0 Å². The molecule has 0 aliphatic carbocycles. The molecule has 0 spiro atoms. The quantitative estimate of drug-likeness (QED) is 0.0422. The molecule has 0 radical (unpaired) electrons. The lowest BCUT2D eigenvalue weighted by Gasteiger charge is -2.08. The van der Waals surface area contributed by atoms with Crippen molar-refractivity contribution < 1.29 is 0 Å². The van der Waals surface area contributed by atoms with Gasteiger partial charge in [-0.05, 0) is 84.4 Å². The van der Waals surface area contributed by atoms with Crippen LogP contribution in [0.3, 0.4) is 0 Å². The van der Waals surface area contributed by atoms with Gasteiger partial charge in [-0.2, -0.15) is 0 Å². The first-order valence-corrected chi connectivity index (χ1v) is 26.2. The minimum Gasteiger partial charge on any atom is -0.142 e. The standard InChI is InChI=1S/C48H78S4/c1-5-9-13-17-21-25-29-33-39-37-49-45-41(35-31-27-23-19-15-11-7-3)47(51-43(39)45)48-42(36-32-28-24-20-16-12-8-4)46-44(52-48)40(38-50-46)34-30-26-22-18-14-10-6-2/h37-38H,5-36H2,1-4H3. The van der Waals surface area contributed by atoms with Crippen molar-refractivity contribution in [2.45, 2.75) is 233 Å². The van der Waals surface area contributed by atoms with Gasteiger partial charge in [0.05, 0.1) is 0 Å². The van der Waals surface area contributed by atoms with Gasteiger partial charge in [-0.3, -0.25) is 0 Å². The fourth-order valence-corrected chi connectivity index (χ4v) is 13.9. The molecule has 0 amide bonds. The first kappa shape index (κ1) is 44.0. The summed E-state index contributed by atoms with van der Waals surface area (Å²) in [4.78, 5) is 3.36. The van der Waals surface area contributed by atoms with Crippen LogP contribution in [0.2, 0.25) is 0 Å². The molecule has 0 atom stereocenters. The fourth-order valence-electron chi connectivity index (χ4n) is 8.17. The lowest BCUT2D eigenvalue weighted by Crippen LogP contribution is -1.90. The monoisotopic (exact) mass is 782 g/mol. The molecule has 0 nitrogen and oxygen atoms in total. The van der Waals surface area contributed by atoms with E-state index in [1.54, 1.807) is 50.8 Å². The first-order valence-electron chi connectivity index (χ1n) is 22.8. The minimum absolute atomic E-state index is 1.27. The van der Waals surface area contributed by atoms with Crippen molar-refractivity contribution in [3.63, 3.8) is 0 Å². The number of rotatable bonds is 33. The van der Waals surface area contributed by atoms with E-state index in [0.717, 1.165) is 0 Å². The molecule has 4 rings (SSSR count). The molecule has 4 aromatic heterocycles. The summed E-state index contributed by atoms with van der Waals surface area (Å²) in [5.41, 5.74) is 6.79. The van der Waals surface area contributed by atoms with Crippen molar-refractivity contribution in [3.8, 4) is 9.75 Å². The zero-order valence-corrected chi connectivity index (χ0v) is 37.7. The molecule has 52 heavy (non-hydrogen) atoms. The van der Waals surface area contributed by atoms with Gasteiger partial charge in [-0.25, -0.2) is 0 Å². The highest BCUT2D eigenvalue weighted by Gasteiger charge is 2.24. The second-order valence-electron chi connectivity index (χ2n) is 16.1. The molecule has 0 N–H and O–H groups in total. The van der Waals surface area contributed by atoms with Crippen molar-refractivity contribution in [1.29, 1.82) is 0 Å². The lowest BCUT2D eigenvalue weighted by molar-refractivity contribution is 0.589. The molecule has 0 bridgehead atoms. The van der Waals surface area contributed by atoms with Gasteiger partial charge < -0.3 is 0 Å². The van der Waals surface area contributed by atoms with Gasteiger partial charge >= 0.3 is 0 Å². The van der Waals surface area contributed by atoms with E-state index in [2.05, 4.69) is 83.8 Å². The maximum absolute atomic E-state index is 2.56. The molecular weight excluding hydrogens is 705 g/mol. The number of thiophene rings is 4. The van der Waals surface area contributed by atoms with Crippen LogP contribution in [-0.2, 0) is 25.7 Å². The summed E-state index contributed by atoms with van der Waals surface area (Å²) in [5.74, 6) is 0. The summed E-state index contributed by atoms with van der Waals surface area (Å²) in [6.07, 6.45) is 44.2. The topological polar surface area (TPSA) is 0 Å². The number of unbranched alkanes of at least 4 members (excludes halogenated alkanes) is 24. The molecular formula is C48H78S4. The average molecular weight is 783 g/mol. The zero-order chi connectivity index (χ0) is 36.6. The molecule has 4 aromatic rings. The highest BCUT2D eigenvalue weighted by Crippen LogP contribution is 2.51. The second-order valence-corrected chi connectivity index (χ2v) is 19.9. The van der Waals surface area contributed by atoms with Crippen LogP contribution >= 0.6 is 45.3 Å². The van der Waals surface area contributed by atoms with Gasteiger partial charge in [0.1, 0.15) is 0 Å². The molecule has 0 aliphatic heterocycles. The largest absolute Gasteiger partial charge is 0.142 e. The Hall–Kier alpha value is -0.680. The molecule has 0 saturated heterocycles. The number of aryl methyl sites for hydroxylation is 4. The van der Waals surface area contributed by atoms with Crippen LogP contribution in [0.5, 0.6) is 0 Å². The maximum atomic E-state index is 2.56. The Morgan fingerprint density at radius 1 is 0.308 bits per heavy atom. The van der Waals surface area contributed by atoms with Gasteiger partial charge in [0, 0.05) is 28.6 Å². The Labute approximate surface area is 338 Å². The minimum atomic E-state index is 1.27. The van der Waals surface area contributed by atoms with E-state index in [1.165, 1.54) is 205 Å². The van der Waals surface area contributed by atoms with E-state index in [0.29, 0.717) is 0 Å². The molecule has 4 heteroatoms. The Kier molecular flexibility index (Phi) is 22.9. The van der Waals surface area contributed by atoms with Gasteiger partial charge in [-0.1, -0.05) is 182 Å². The van der Waals surface area contributed by atoms with Crippen molar-refractivity contribution >= 4 is 64.1 Å². The van der Waals surface area contributed by atoms with E-state index >= 15 is 0 Å². The number of hydrogen-bond donors (Lipinski definition) is 0. The van der Waals surface area contributed by atoms with Crippen molar-refractivity contribution in [1.82, 2.24) is 0 Å². The van der Waals surface area contributed by atoms with Crippen LogP contribution in [0.1, 0.15) is 230 Å². The third kappa shape index (κ3) is 14.4. The Morgan fingerprint density at radius 3 is 0.885 bits per heavy atom. The average Bonchev–Trinajstić information content (AvgIpc) is 3.92. The molecule has 0 fully saturated rings. The Bertz CT molecular complexity index is 1350. The predicted octanol–water partition coefficient (Wildman–Crippen LogP) is 19.1. The van der Waals surface area contributed by atoms with Crippen molar-refractivity contribution in [3.05, 3.63) is 33.0 Å². The van der Waals surface area contributed by atoms with Crippen LogP contribution < -0.4 is 0 Å². The summed E-state index contributed by atoms with van der Waals surface area (Å²) in [7, 11) is 0. The third-order valence-electron chi connectivity index (χ3n) is 11.5. The highest BCUT2D eigenvalue weighted by atomic mass is 32.1. The summed E-state index contributed by atoms with van der Waals surface area (Å²) in [6, 6.07) is 0. The van der Waals surface area contributed by atoms with E-state index in [-0.39, 0.29) is 0 Å². The highest BCUT2D eigenvalue weighted by molar-refractivity contribution is 7.34. The molecule has 0 unspecified atom stereocenters. The molecule has 0 aromatic carbocycles. The molecule has 4 heterocycles. The van der Waals surface area contributed by atoms with Gasteiger partial charge in [0.2, 0.25) is 0 Å². The predicted molar refractivity (Wildman–Crippen MR) is 245 cm³/mol. The zero-order valence-electron chi connectivity index (χ0n) is 34.4. The Morgan fingerprint density at radius 2 is 0.577 bits per heavy atom. The lowest BCUT2D eigenvalue weighted by atomic mass is 10.0. The maximum Gasteiger partial charge on any atom is 0.0499 e. The third-order valence-corrected chi connectivity index (χ3v) is 16.7. The SMILES string of the molecule is CCCCCCCCCc1csc2c(CCCCCCCCC)c(-c3sc4c(CCCCCCCCC)csc4c3CCCCCCCCC)sc12. The van der Waals surface area contributed by atoms with Crippen LogP contribution in [0.4, 0.5) is 0 Å². The first-order chi connectivity index (χ1) is 25.7. The van der Waals surface area contributed by atoms with Gasteiger partial charge in [-0.15, -0.1) is 45.3 Å². The van der Waals surface area contributed by atoms with E-state index in [1.807, 2.05) is 0 Å². The van der Waals surface area contributed by atoms with E-state index < -0.39 is 0 Å². The van der Waals surface area contributed by atoms with E-state index in [9.17, 15) is 0 Å². The normalized spacial score (nSPS) is 12.0. The van der Waals surface area contributed by atoms with E-state index in [4.69, 9.17) is 0 Å². The Balaban J connectivity index is 1.57. The molecule has 0 saturated carbocycles. The summed E-state index contributed by atoms with van der Waals surface area (Å²) < 4.78 is 6.63. The fraction of sp³-hybridized carbons (Fsp3) is 0.750. The van der Waals surface area contributed by atoms with Crippen molar-refractivity contribution in [2.75, 3.05) is 0 Å². The van der Waals surface area contributed by atoms with Crippen LogP contribution in [-0.4, -0.2) is 0 Å². The number of fused-ring (bicyclic) bond motifs is 2. The second kappa shape index (κ2) is 27.0. The van der Waals surface area contributed by atoms with Crippen LogP contribution in [0.15, 0.2) is 10.8 Å². The summed E-state index contributed by atoms with van der Waals surface area (Å²) >= 11 is 8.60. The summed E-state index contributed by atoms with van der Waals surface area (Å²) in [5, 5.41) is 5.12. The molecule has 294 valence electrons. The number of hydrogen-bond acceptors (Lipinski definition) is 4. The van der Waals surface area contributed by atoms with Gasteiger partial charge in [0.25, 0.3) is 0 Å². The van der Waals surface area contributed by atoms with Gasteiger partial charge in [0.15, 0.2) is 0 Å². The summed E-state index contributed by atoms with van der Waals surface area (Å²) in [6.45, 7) is 9.32.